The molecule has 0 atom stereocenters. The molecule has 0 aromatic carbocycles. The van der Waals surface area contributed by atoms with Gasteiger partial charge in [-0.15, -0.1) is 0 Å². The molecule has 2 aliphatic rings. The van der Waals surface area contributed by atoms with Crippen LogP contribution >= 0.6 is 0 Å². The molecule has 0 saturated carbocycles. The van der Waals surface area contributed by atoms with Crippen molar-refractivity contribution in [3.05, 3.63) is 35.7 Å². The second-order valence-electron chi connectivity index (χ2n) is 4.50. The number of rotatable bonds is 0. The average molecular weight is 227 g/mol. The Bertz CT molecular complexity index is 581. The summed E-state index contributed by atoms with van der Waals surface area (Å²) in [5.74, 6) is 2.85. The van der Waals surface area contributed by atoms with Crippen LogP contribution < -0.4 is 4.57 Å². The van der Waals surface area contributed by atoms with Crippen LogP contribution in [-0.2, 0) is 6.54 Å². The van der Waals surface area contributed by atoms with Gasteiger partial charge in [-0.25, -0.2) is 4.57 Å². The van der Waals surface area contributed by atoms with E-state index < -0.39 is 0 Å². The molecule has 0 spiro atoms. The third-order valence-corrected chi connectivity index (χ3v) is 3.20. The zero-order valence-electron chi connectivity index (χ0n) is 10.3. The standard InChI is InChI=1S/C13H15N4/c1-9-5-4-6-17-8-11-7-16(3)10(2)14-12(11)15-13(9)17/h4-7H,8H2,1-3H3/q+1. The summed E-state index contributed by atoms with van der Waals surface area (Å²) < 4.78 is 2.16. The van der Waals surface area contributed by atoms with E-state index in [9.17, 15) is 0 Å². The number of hydrogen-bond donors (Lipinski definition) is 0. The maximum Gasteiger partial charge on any atom is 0.328 e. The smallest absolute Gasteiger partial charge is 0.328 e. The number of fused-ring (bicyclic) bond motifs is 2. The Morgan fingerprint density at radius 1 is 1.29 bits per heavy atom. The first-order valence-corrected chi connectivity index (χ1v) is 5.72. The van der Waals surface area contributed by atoms with E-state index in [0.717, 1.165) is 24.0 Å². The van der Waals surface area contributed by atoms with Crippen LogP contribution in [0, 0.1) is 6.92 Å². The molecule has 0 aliphatic carbocycles. The molecule has 3 heterocycles. The summed E-state index contributed by atoms with van der Waals surface area (Å²) in [5.41, 5.74) is 2.35. The summed E-state index contributed by atoms with van der Waals surface area (Å²) in [7, 11) is 2.01. The molecule has 0 amide bonds. The van der Waals surface area contributed by atoms with Crippen molar-refractivity contribution in [2.45, 2.75) is 20.4 Å². The van der Waals surface area contributed by atoms with Gasteiger partial charge >= 0.3 is 5.82 Å². The number of amidine groups is 2. The minimum atomic E-state index is 0.844. The summed E-state index contributed by atoms with van der Waals surface area (Å²) >= 11 is 0. The van der Waals surface area contributed by atoms with E-state index in [0.29, 0.717) is 0 Å². The number of aliphatic imine (C=N–C) groups is 2. The fraction of sp³-hybridized carbons (Fsp3) is 0.308. The zero-order valence-corrected chi connectivity index (χ0v) is 10.3. The van der Waals surface area contributed by atoms with Crippen LogP contribution in [0.3, 0.4) is 0 Å². The molecule has 2 aliphatic heterocycles. The largest absolute Gasteiger partial charge is 0.339 e. The fourth-order valence-corrected chi connectivity index (χ4v) is 2.12. The third-order valence-electron chi connectivity index (χ3n) is 3.20. The van der Waals surface area contributed by atoms with Crippen molar-refractivity contribution in [3.63, 3.8) is 0 Å². The summed E-state index contributed by atoms with van der Waals surface area (Å²) in [6.45, 7) is 4.92. The highest BCUT2D eigenvalue weighted by molar-refractivity contribution is 6.09. The summed E-state index contributed by atoms with van der Waals surface area (Å²) in [6.07, 6.45) is 4.17. The van der Waals surface area contributed by atoms with Crippen molar-refractivity contribution in [1.29, 1.82) is 0 Å². The van der Waals surface area contributed by atoms with Crippen molar-refractivity contribution in [1.82, 2.24) is 4.90 Å². The lowest BCUT2D eigenvalue weighted by Gasteiger charge is -2.21. The van der Waals surface area contributed by atoms with Gasteiger partial charge in [0, 0.05) is 18.8 Å². The van der Waals surface area contributed by atoms with Gasteiger partial charge in [0.2, 0.25) is 0 Å². The summed E-state index contributed by atoms with van der Waals surface area (Å²) in [4.78, 5) is 11.2. The van der Waals surface area contributed by atoms with Crippen LogP contribution in [0.15, 0.2) is 40.1 Å². The Balaban J connectivity index is 2.17. The van der Waals surface area contributed by atoms with Crippen molar-refractivity contribution in [2.75, 3.05) is 7.05 Å². The second kappa shape index (κ2) is 3.52. The highest BCUT2D eigenvalue weighted by atomic mass is 15.2. The fourth-order valence-electron chi connectivity index (χ4n) is 2.12. The molecule has 3 rings (SSSR count). The van der Waals surface area contributed by atoms with Crippen molar-refractivity contribution in [3.8, 4) is 0 Å². The van der Waals surface area contributed by atoms with E-state index in [-0.39, 0.29) is 0 Å². The number of pyridine rings is 1. The van der Waals surface area contributed by atoms with E-state index >= 15 is 0 Å². The highest BCUT2D eigenvalue weighted by Crippen LogP contribution is 2.22. The molecule has 4 heteroatoms. The van der Waals surface area contributed by atoms with Gasteiger partial charge in [0.25, 0.3) is 5.84 Å². The molecule has 86 valence electrons. The lowest BCUT2D eigenvalue weighted by atomic mass is 10.1. The molecule has 17 heavy (non-hydrogen) atoms. The van der Waals surface area contributed by atoms with Gasteiger partial charge in [-0.2, -0.15) is 4.99 Å². The molecule has 1 aromatic heterocycles. The molecular weight excluding hydrogens is 212 g/mol. The van der Waals surface area contributed by atoms with Gasteiger partial charge in [0.05, 0.1) is 11.8 Å². The number of hydrogen-bond acceptors (Lipinski definition) is 3. The van der Waals surface area contributed by atoms with E-state index in [1.54, 1.807) is 0 Å². The first-order chi connectivity index (χ1) is 8.15. The predicted molar refractivity (Wildman–Crippen MR) is 67.4 cm³/mol. The lowest BCUT2D eigenvalue weighted by Crippen LogP contribution is -2.41. The van der Waals surface area contributed by atoms with Crippen LogP contribution in [0.4, 0.5) is 5.82 Å². The molecule has 4 nitrogen and oxygen atoms in total. The molecule has 0 N–H and O–H groups in total. The monoisotopic (exact) mass is 227 g/mol. The maximum absolute atomic E-state index is 4.65. The molecule has 0 radical (unpaired) electrons. The predicted octanol–water partition coefficient (Wildman–Crippen LogP) is 1.57. The van der Waals surface area contributed by atoms with E-state index in [1.807, 2.05) is 18.9 Å². The van der Waals surface area contributed by atoms with Gasteiger partial charge in [-0.05, 0) is 31.0 Å². The topological polar surface area (TPSA) is 31.8 Å². The Hall–Kier alpha value is -1.97. The van der Waals surface area contributed by atoms with Crippen molar-refractivity contribution < 1.29 is 4.57 Å². The van der Waals surface area contributed by atoms with E-state index in [4.69, 9.17) is 0 Å². The number of aromatic nitrogens is 1. The quantitative estimate of drug-likeness (QED) is 0.619. The first-order valence-electron chi connectivity index (χ1n) is 5.72. The maximum atomic E-state index is 4.65. The Morgan fingerprint density at radius 3 is 2.94 bits per heavy atom. The normalized spacial score (nSPS) is 17.8. The van der Waals surface area contributed by atoms with Gasteiger partial charge in [-0.1, -0.05) is 0 Å². The minimum absolute atomic E-state index is 0.844. The van der Waals surface area contributed by atoms with Crippen LogP contribution in [0.1, 0.15) is 12.5 Å². The summed E-state index contributed by atoms with van der Waals surface area (Å²) in [5, 5.41) is 0. The van der Waals surface area contributed by atoms with Crippen LogP contribution in [0.25, 0.3) is 0 Å². The number of nitrogens with zero attached hydrogens (tertiary/aromatic N) is 4. The Morgan fingerprint density at radius 2 is 2.12 bits per heavy atom. The average Bonchev–Trinajstić information content (AvgIpc) is 2.29. The van der Waals surface area contributed by atoms with Gasteiger partial charge < -0.3 is 4.90 Å². The van der Waals surface area contributed by atoms with Gasteiger partial charge in [0.15, 0.2) is 0 Å². The lowest BCUT2D eigenvalue weighted by molar-refractivity contribution is -0.676. The van der Waals surface area contributed by atoms with Crippen molar-refractivity contribution >= 4 is 17.5 Å². The van der Waals surface area contributed by atoms with E-state index in [1.165, 1.54) is 11.1 Å². The molecular formula is C13H15N4+. The third kappa shape index (κ3) is 1.56. The van der Waals surface area contributed by atoms with Crippen LogP contribution in [-0.4, -0.2) is 23.6 Å². The van der Waals surface area contributed by atoms with E-state index in [2.05, 4.69) is 46.0 Å². The zero-order chi connectivity index (χ0) is 12.0. The van der Waals surface area contributed by atoms with Crippen molar-refractivity contribution in [2.24, 2.45) is 9.98 Å². The second-order valence-corrected chi connectivity index (χ2v) is 4.50. The molecule has 0 unspecified atom stereocenters. The van der Waals surface area contributed by atoms with Crippen LogP contribution in [0.5, 0.6) is 0 Å². The highest BCUT2D eigenvalue weighted by Gasteiger charge is 2.29. The van der Waals surface area contributed by atoms with Crippen LogP contribution in [0.2, 0.25) is 0 Å². The first kappa shape index (κ1) is 10.2. The molecule has 0 bridgehead atoms. The Labute approximate surface area is 101 Å². The molecule has 0 fully saturated rings. The SMILES string of the molecule is CC1=NC2=Nc3c(C)ccc[n+]3CC2=CN1C. The number of aryl methyl sites for hydroxylation is 1. The Kier molecular flexibility index (Phi) is 2.11. The minimum Gasteiger partial charge on any atom is -0.339 e. The van der Waals surface area contributed by atoms with Gasteiger partial charge in [0.1, 0.15) is 12.4 Å². The van der Waals surface area contributed by atoms with Gasteiger partial charge in [-0.3, -0.25) is 0 Å². The molecule has 0 saturated heterocycles. The molecule has 1 aromatic rings. The summed E-state index contributed by atoms with van der Waals surface area (Å²) in [6, 6.07) is 4.14.